The van der Waals surface area contributed by atoms with Crippen molar-refractivity contribution in [3.05, 3.63) is 59.7 Å². The maximum Gasteiger partial charge on any atom is 0.227 e. The van der Waals surface area contributed by atoms with Crippen molar-refractivity contribution in [2.24, 2.45) is 0 Å². The minimum Gasteiger partial charge on any atom is -0.494 e. The molecule has 0 aliphatic carbocycles. The van der Waals surface area contributed by atoms with Crippen LogP contribution in [0.3, 0.4) is 0 Å². The summed E-state index contributed by atoms with van der Waals surface area (Å²) in [5, 5.41) is 0.996. The molecule has 1 aliphatic heterocycles. The minimum atomic E-state index is 0.652. The second-order valence-corrected chi connectivity index (χ2v) is 7.17. The molecule has 0 saturated heterocycles. The van der Waals surface area contributed by atoms with Crippen molar-refractivity contribution in [3.63, 3.8) is 0 Å². The molecule has 0 bridgehead atoms. The molecule has 5 heteroatoms. The molecule has 0 radical (unpaired) electrons. The van der Waals surface area contributed by atoms with Crippen LogP contribution in [0.15, 0.2) is 53.6 Å². The number of aromatic nitrogens is 2. The van der Waals surface area contributed by atoms with Gasteiger partial charge in [-0.05, 0) is 48.6 Å². The number of rotatable bonds is 5. The van der Waals surface area contributed by atoms with E-state index in [0.29, 0.717) is 18.3 Å². The monoisotopic (exact) mass is 364 g/mol. The summed E-state index contributed by atoms with van der Waals surface area (Å²) in [5.74, 6) is 4.03. The van der Waals surface area contributed by atoms with Crippen molar-refractivity contribution in [2.45, 2.75) is 25.3 Å². The highest BCUT2D eigenvalue weighted by molar-refractivity contribution is 7.99. The van der Waals surface area contributed by atoms with Gasteiger partial charge in [-0.2, -0.15) is 4.98 Å². The summed E-state index contributed by atoms with van der Waals surface area (Å²) >= 11 is 1.73. The van der Waals surface area contributed by atoms with Crippen LogP contribution in [0.25, 0.3) is 11.4 Å². The maximum atomic E-state index is 6.10. The number of hydrogen-bond donors (Lipinski definition) is 0. The molecule has 1 aromatic heterocycles. The van der Waals surface area contributed by atoms with E-state index in [0.717, 1.165) is 39.8 Å². The zero-order valence-electron chi connectivity index (χ0n) is 14.9. The Morgan fingerprint density at radius 3 is 2.62 bits per heavy atom. The molecular formula is C21H20N2O2S. The van der Waals surface area contributed by atoms with Gasteiger partial charge in [0, 0.05) is 12.0 Å². The van der Waals surface area contributed by atoms with Crippen molar-refractivity contribution in [1.82, 2.24) is 9.97 Å². The highest BCUT2D eigenvalue weighted by atomic mass is 32.2. The third-order valence-corrected chi connectivity index (χ3v) is 5.08. The van der Waals surface area contributed by atoms with E-state index in [1.54, 1.807) is 11.8 Å². The molecule has 2 heterocycles. The second kappa shape index (κ2) is 7.38. The number of nitrogens with zero attached hydrogens (tertiary/aromatic N) is 2. The van der Waals surface area contributed by atoms with Gasteiger partial charge in [0.15, 0.2) is 5.82 Å². The predicted octanol–water partition coefficient (Wildman–Crippen LogP) is 5.35. The van der Waals surface area contributed by atoms with E-state index in [-0.39, 0.29) is 0 Å². The lowest BCUT2D eigenvalue weighted by molar-refractivity contribution is 0.340. The van der Waals surface area contributed by atoms with Crippen molar-refractivity contribution < 1.29 is 9.47 Å². The molecule has 0 spiro atoms. The number of ether oxygens (including phenoxy) is 2. The van der Waals surface area contributed by atoms with Gasteiger partial charge in [-0.3, -0.25) is 0 Å². The van der Waals surface area contributed by atoms with Gasteiger partial charge in [-0.1, -0.05) is 25.1 Å². The molecular weight excluding hydrogens is 344 g/mol. The molecule has 1 aliphatic rings. The van der Waals surface area contributed by atoms with Crippen LogP contribution in [0.4, 0.5) is 0 Å². The zero-order valence-corrected chi connectivity index (χ0v) is 15.7. The molecule has 2 aromatic carbocycles. The molecule has 26 heavy (non-hydrogen) atoms. The first-order chi connectivity index (χ1) is 12.8. The molecule has 0 N–H and O–H groups in total. The molecule has 0 saturated carbocycles. The number of para-hydroxylation sites is 1. The topological polar surface area (TPSA) is 44.2 Å². The van der Waals surface area contributed by atoms with E-state index in [2.05, 4.69) is 13.0 Å². The van der Waals surface area contributed by atoms with E-state index in [1.165, 1.54) is 5.56 Å². The number of hydrogen-bond acceptors (Lipinski definition) is 5. The zero-order chi connectivity index (χ0) is 17.9. The quantitative estimate of drug-likeness (QED) is 0.353. The van der Waals surface area contributed by atoms with E-state index in [4.69, 9.17) is 19.4 Å². The fourth-order valence-corrected chi connectivity index (χ4v) is 3.73. The second-order valence-electron chi connectivity index (χ2n) is 5.91. The first kappa shape index (κ1) is 16.9. The summed E-state index contributed by atoms with van der Waals surface area (Å²) in [5.41, 5.74) is 3.21. The van der Waals surface area contributed by atoms with E-state index in [1.807, 2.05) is 49.4 Å². The van der Waals surface area contributed by atoms with Crippen molar-refractivity contribution in [2.75, 3.05) is 12.4 Å². The molecule has 4 nitrogen and oxygen atoms in total. The largest absolute Gasteiger partial charge is 0.494 e. The molecule has 0 amide bonds. The summed E-state index contributed by atoms with van der Waals surface area (Å²) in [7, 11) is 0. The lowest BCUT2D eigenvalue weighted by atomic mass is 10.0. The van der Waals surface area contributed by atoms with Crippen LogP contribution in [0.5, 0.6) is 17.4 Å². The summed E-state index contributed by atoms with van der Waals surface area (Å²) < 4.78 is 11.6. The van der Waals surface area contributed by atoms with Crippen LogP contribution in [-0.2, 0) is 6.42 Å². The SMILES string of the molecule is CCOc1ccc(-c2nc3c(c(SCC)n2)Cc2ccccc2O3)cc1. The maximum absolute atomic E-state index is 6.10. The van der Waals surface area contributed by atoms with Crippen LogP contribution < -0.4 is 9.47 Å². The highest BCUT2D eigenvalue weighted by Gasteiger charge is 2.23. The molecule has 0 unspecified atom stereocenters. The number of benzene rings is 2. The van der Waals surface area contributed by atoms with Gasteiger partial charge in [0.05, 0.1) is 12.2 Å². The van der Waals surface area contributed by atoms with E-state index < -0.39 is 0 Å². The first-order valence-corrected chi connectivity index (χ1v) is 9.79. The molecule has 132 valence electrons. The van der Waals surface area contributed by atoms with Gasteiger partial charge in [0.25, 0.3) is 0 Å². The molecule has 3 aromatic rings. The van der Waals surface area contributed by atoms with Gasteiger partial charge < -0.3 is 9.47 Å². The van der Waals surface area contributed by atoms with Crippen molar-refractivity contribution in [3.8, 4) is 28.8 Å². The summed E-state index contributed by atoms with van der Waals surface area (Å²) in [6.45, 7) is 4.76. The standard InChI is InChI=1S/C21H20N2O2S/c1-3-24-16-11-9-14(10-12-16)19-22-20-17(21(23-19)26-4-2)13-15-7-5-6-8-18(15)25-20/h5-12H,3-4,13H2,1-2H3. The van der Waals surface area contributed by atoms with Crippen LogP contribution >= 0.6 is 11.8 Å². The van der Waals surface area contributed by atoms with Crippen molar-refractivity contribution >= 4 is 11.8 Å². The van der Waals surface area contributed by atoms with Gasteiger partial charge in [0.1, 0.15) is 16.5 Å². The Hall–Kier alpha value is -2.53. The Bertz CT molecular complexity index is 926. The van der Waals surface area contributed by atoms with Crippen LogP contribution in [0, 0.1) is 0 Å². The summed E-state index contributed by atoms with van der Waals surface area (Å²) in [6, 6.07) is 16.0. The third kappa shape index (κ3) is 3.27. The number of thioether (sulfide) groups is 1. The third-order valence-electron chi connectivity index (χ3n) is 4.18. The minimum absolute atomic E-state index is 0.652. The van der Waals surface area contributed by atoms with Crippen LogP contribution in [0.1, 0.15) is 25.0 Å². The fourth-order valence-electron chi connectivity index (χ4n) is 2.98. The summed E-state index contributed by atoms with van der Waals surface area (Å²) in [4.78, 5) is 9.54. The van der Waals surface area contributed by atoms with Crippen molar-refractivity contribution in [1.29, 1.82) is 0 Å². The van der Waals surface area contributed by atoms with Crippen LogP contribution in [-0.4, -0.2) is 22.3 Å². The van der Waals surface area contributed by atoms with Crippen LogP contribution in [0.2, 0.25) is 0 Å². The lowest BCUT2D eigenvalue weighted by Crippen LogP contribution is -2.09. The number of fused-ring (bicyclic) bond motifs is 2. The lowest BCUT2D eigenvalue weighted by Gasteiger charge is -2.21. The molecule has 4 rings (SSSR count). The average Bonchev–Trinajstić information content (AvgIpc) is 2.67. The Kier molecular flexibility index (Phi) is 4.80. The van der Waals surface area contributed by atoms with E-state index in [9.17, 15) is 0 Å². The van der Waals surface area contributed by atoms with Gasteiger partial charge in [-0.25, -0.2) is 4.98 Å². The van der Waals surface area contributed by atoms with E-state index >= 15 is 0 Å². The fraction of sp³-hybridized carbons (Fsp3) is 0.238. The Morgan fingerprint density at radius 1 is 1.04 bits per heavy atom. The Morgan fingerprint density at radius 2 is 1.85 bits per heavy atom. The average molecular weight is 364 g/mol. The molecule has 0 atom stereocenters. The van der Waals surface area contributed by atoms with Gasteiger partial charge in [-0.15, -0.1) is 11.8 Å². The molecule has 0 fully saturated rings. The smallest absolute Gasteiger partial charge is 0.227 e. The van der Waals surface area contributed by atoms with Gasteiger partial charge >= 0.3 is 0 Å². The Labute approximate surface area is 157 Å². The first-order valence-electron chi connectivity index (χ1n) is 8.81. The predicted molar refractivity (Wildman–Crippen MR) is 104 cm³/mol. The normalized spacial score (nSPS) is 12.1. The Balaban J connectivity index is 1.75. The van der Waals surface area contributed by atoms with Gasteiger partial charge in [0.2, 0.25) is 5.88 Å². The summed E-state index contributed by atoms with van der Waals surface area (Å²) in [6.07, 6.45) is 0.803. The highest BCUT2D eigenvalue weighted by Crippen LogP contribution is 2.40.